The van der Waals surface area contributed by atoms with Gasteiger partial charge in [0.05, 0.1) is 0 Å². The van der Waals surface area contributed by atoms with Crippen LogP contribution in [0.15, 0.2) is 36.7 Å². The number of nitrogens with zero attached hydrogens (tertiary/aromatic N) is 2. The third-order valence-corrected chi connectivity index (χ3v) is 6.31. The van der Waals surface area contributed by atoms with Crippen LogP contribution in [0.25, 0.3) is 10.9 Å². The second-order valence-electron chi connectivity index (χ2n) is 7.72. The quantitative estimate of drug-likeness (QED) is 0.778. The van der Waals surface area contributed by atoms with Crippen molar-refractivity contribution in [3.8, 4) is 0 Å². The fourth-order valence-corrected chi connectivity index (χ4v) is 4.88. The Morgan fingerprint density at radius 3 is 2.80 bits per heavy atom. The lowest BCUT2D eigenvalue weighted by molar-refractivity contribution is 0.495. The molecule has 3 heteroatoms. The van der Waals surface area contributed by atoms with E-state index >= 15 is 0 Å². The van der Waals surface area contributed by atoms with Gasteiger partial charge in [0, 0.05) is 54.0 Å². The lowest BCUT2D eigenvalue weighted by Gasteiger charge is -2.24. The maximum atomic E-state index is 4.14. The molecule has 4 heterocycles. The van der Waals surface area contributed by atoms with Gasteiger partial charge in [0.15, 0.2) is 0 Å². The minimum absolute atomic E-state index is 0.555. The highest BCUT2D eigenvalue weighted by Gasteiger charge is 2.36. The van der Waals surface area contributed by atoms with Gasteiger partial charge in [-0.2, -0.15) is 0 Å². The predicted molar refractivity (Wildman–Crippen MR) is 102 cm³/mol. The summed E-state index contributed by atoms with van der Waals surface area (Å²) in [6, 6.07) is 10.1. The lowest BCUT2D eigenvalue weighted by atomic mass is 9.95. The van der Waals surface area contributed by atoms with Crippen LogP contribution in [0, 0.1) is 13.8 Å². The Morgan fingerprint density at radius 1 is 1.12 bits per heavy atom. The van der Waals surface area contributed by atoms with Crippen molar-refractivity contribution in [3.05, 3.63) is 64.6 Å². The van der Waals surface area contributed by atoms with Crippen molar-refractivity contribution in [1.82, 2.24) is 14.9 Å². The Bertz CT molecular complexity index is 939. The van der Waals surface area contributed by atoms with Crippen molar-refractivity contribution in [2.24, 2.45) is 0 Å². The molecule has 3 aromatic rings. The van der Waals surface area contributed by atoms with Crippen LogP contribution in [-0.4, -0.2) is 15.6 Å². The lowest BCUT2D eigenvalue weighted by Crippen LogP contribution is -2.32. The van der Waals surface area contributed by atoms with Gasteiger partial charge in [-0.15, -0.1) is 0 Å². The smallest absolute Gasteiger partial charge is 0.0489 e. The molecule has 2 aliphatic heterocycles. The SMILES string of the molecule is Cc1ccc2c(c1C)c1c(n2CCc2ccncc2)CC2CCC1N2. The summed E-state index contributed by atoms with van der Waals surface area (Å²) in [6.45, 7) is 5.59. The third-order valence-electron chi connectivity index (χ3n) is 6.31. The molecule has 3 nitrogen and oxygen atoms in total. The molecule has 0 spiro atoms. The van der Waals surface area contributed by atoms with Crippen LogP contribution in [0.5, 0.6) is 0 Å². The Labute approximate surface area is 149 Å². The van der Waals surface area contributed by atoms with Crippen molar-refractivity contribution < 1.29 is 0 Å². The van der Waals surface area contributed by atoms with Crippen molar-refractivity contribution in [2.45, 2.75) is 58.2 Å². The Kier molecular flexibility index (Phi) is 3.46. The summed E-state index contributed by atoms with van der Waals surface area (Å²) < 4.78 is 2.61. The van der Waals surface area contributed by atoms with Crippen LogP contribution >= 0.6 is 0 Å². The van der Waals surface area contributed by atoms with E-state index in [1.54, 1.807) is 11.3 Å². The van der Waals surface area contributed by atoms with Gasteiger partial charge in [-0.1, -0.05) is 6.07 Å². The molecule has 128 valence electrons. The van der Waals surface area contributed by atoms with E-state index < -0.39 is 0 Å². The number of hydrogen-bond donors (Lipinski definition) is 1. The molecule has 0 amide bonds. The Balaban J connectivity index is 1.65. The highest BCUT2D eigenvalue weighted by Crippen LogP contribution is 2.43. The second kappa shape index (κ2) is 5.70. The summed E-state index contributed by atoms with van der Waals surface area (Å²) in [4.78, 5) is 4.14. The fourth-order valence-electron chi connectivity index (χ4n) is 4.88. The average molecular weight is 331 g/mol. The molecule has 0 saturated carbocycles. The van der Waals surface area contributed by atoms with Gasteiger partial charge in [0.2, 0.25) is 0 Å². The molecule has 0 aliphatic carbocycles. The van der Waals surface area contributed by atoms with E-state index in [2.05, 4.69) is 53.0 Å². The van der Waals surface area contributed by atoms with Crippen LogP contribution in [-0.2, 0) is 19.4 Å². The van der Waals surface area contributed by atoms with Gasteiger partial charge in [0.1, 0.15) is 0 Å². The molecule has 2 aromatic heterocycles. The number of hydrogen-bond acceptors (Lipinski definition) is 2. The highest BCUT2D eigenvalue weighted by molar-refractivity contribution is 5.90. The zero-order valence-corrected chi connectivity index (χ0v) is 15.0. The molecule has 1 aromatic carbocycles. The number of nitrogens with one attached hydrogen (secondary N) is 1. The molecule has 1 N–H and O–H groups in total. The third kappa shape index (κ3) is 2.33. The minimum atomic E-state index is 0.555. The molecule has 2 bridgehead atoms. The standard InChI is InChI=1S/C22H25N3/c1-14-3-6-19-21(15(14)2)22-18-5-4-17(24-18)13-20(22)25(19)12-9-16-7-10-23-11-8-16/h3,6-8,10-11,17-18,24H,4-5,9,12-13H2,1-2H3. The van der Waals surface area contributed by atoms with E-state index in [4.69, 9.17) is 0 Å². The van der Waals surface area contributed by atoms with E-state index in [1.807, 2.05) is 12.4 Å². The summed E-state index contributed by atoms with van der Waals surface area (Å²) in [5, 5.41) is 5.37. The zero-order chi connectivity index (χ0) is 17.0. The van der Waals surface area contributed by atoms with Gasteiger partial charge in [-0.25, -0.2) is 0 Å². The normalized spacial score (nSPS) is 21.7. The number of pyridine rings is 1. The van der Waals surface area contributed by atoms with Gasteiger partial charge < -0.3 is 9.88 Å². The predicted octanol–water partition coefficient (Wildman–Crippen LogP) is 4.25. The number of benzene rings is 1. The van der Waals surface area contributed by atoms with Gasteiger partial charge in [-0.05, 0) is 73.6 Å². The first kappa shape index (κ1) is 15.2. The molecule has 2 unspecified atom stereocenters. The topological polar surface area (TPSA) is 29.9 Å². The molecular weight excluding hydrogens is 306 g/mol. The van der Waals surface area contributed by atoms with Crippen molar-refractivity contribution in [2.75, 3.05) is 0 Å². The largest absolute Gasteiger partial charge is 0.344 e. The number of aromatic nitrogens is 2. The summed E-state index contributed by atoms with van der Waals surface area (Å²) in [7, 11) is 0. The molecule has 5 rings (SSSR count). The van der Waals surface area contributed by atoms with Crippen molar-refractivity contribution in [1.29, 1.82) is 0 Å². The second-order valence-corrected chi connectivity index (χ2v) is 7.72. The first-order chi connectivity index (χ1) is 12.2. The number of aryl methyl sites for hydroxylation is 4. The van der Waals surface area contributed by atoms with E-state index in [0.717, 1.165) is 13.0 Å². The molecular formula is C22H25N3. The molecule has 2 atom stereocenters. The summed E-state index contributed by atoms with van der Waals surface area (Å²) in [6.07, 6.45) is 8.64. The van der Waals surface area contributed by atoms with Gasteiger partial charge in [0.25, 0.3) is 0 Å². The first-order valence-corrected chi connectivity index (χ1v) is 9.48. The molecule has 0 radical (unpaired) electrons. The van der Waals surface area contributed by atoms with Crippen molar-refractivity contribution in [3.63, 3.8) is 0 Å². The van der Waals surface area contributed by atoms with Gasteiger partial charge in [-0.3, -0.25) is 4.98 Å². The average Bonchev–Trinajstić information content (AvgIpc) is 3.17. The summed E-state index contributed by atoms with van der Waals surface area (Å²) in [5.41, 5.74) is 8.84. The Morgan fingerprint density at radius 2 is 1.96 bits per heavy atom. The van der Waals surface area contributed by atoms with Crippen LogP contribution in [0.1, 0.15) is 46.8 Å². The van der Waals surface area contributed by atoms with Crippen LogP contribution < -0.4 is 5.32 Å². The van der Waals surface area contributed by atoms with Crippen LogP contribution in [0.4, 0.5) is 0 Å². The Hall–Kier alpha value is -2.13. The number of rotatable bonds is 3. The monoisotopic (exact) mass is 331 g/mol. The maximum Gasteiger partial charge on any atom is 0.0489 e. The van der Waals surface area contributed by atoms with Crippen LogP contribution in [0.2, 0.25) is 0 Å². The minimum Gasteiger partial charge on any atom is -0.344 e. The molecule has 25 heavy (non-hydrogen) atoms. The van der Waals surface area contributed by atoms with Crippen molar-refractivity contribution >= 4 is 10.9 Å². The first-order valence-electron chi connectivity index (χ1n) is 9.48. The zero-order valence-electron chi connectivity index (χ0n) is 15.0. The van der Waals surface area contributed by atoms with E-state index in [0.29, 0.717) is 12.1 Å². The van der Waals surface area contributed by atoms with E-state index in [1.165, 1.54) is 46.9 Å². The number of fused-ring (bicyclic) bond motifs is 6. The van der Waals surface area contributed by atoms with E-state index in [9.17, 15) is 0 Å². The fraction of sp³-hybridized carbons (Fsp3) is 0.409. The molecule has 2 aliphatic rings. The maximum absolute atomic E-state index is 4.14. The van der Waals surface area contributed by atoms with E-state index in [-0.39, 0.29) is 0 Å². The molecule has 1 fully saturated rings. The highest BCUT2D eigenvalue weighted by atomic mass is 15.1. The summed E-state index contributed by atoms with van der Waals surface area (Å²) >= 11 is 0. The van der Waals surface area contributed by atoms with Crippen LogP contribution in [0.3, 0.4) is 0 Å². The molecule has 1 saturated heterocycles. The van der Waals surface area contributed by atoms with Gasteiger partial charge >= 0.3 is 0 Å². The summed E-state index contributed by atoms with van der Waals surface area (Å²) in [5.74, 6) is 0.